The summed E-state index contributed by atoms with van der Waals surface area (Å²) in [6.45, 7) is 3.87. The van der Waals surface area contributed by atoms with Crippen LogP contribution in [0.4, 0.5) is 8.78 Å². The first-order valence-corrected chi connectivity index (χ1v) is 11.3. The number of nitrogens with zero attached hydrogens (tertiary/aromatic N) is 2. The predicted molar refractivity (Wildman–Crippen MR) is 128 cm³/mol. The van der Waals surface area contributed by atoms with Crippen molar-refractivity contribution in [2.24, 2.45) is 0 Å². The summed E-state index contributed by atoms with van der Waals surface area (Å²) in [6.07, 6.45) is 3.12. The zero-order chi connectivity index (χ0) is 24.2. The Kier molecular flexibility index (Phi) is 7.07. The quantitative estimate of drug-likeness (QED) is 0.253. The Balaban J connectivity index is 1.74. The minimum atomic E-state index is -0.669. The van der Waals surface area contributed by atoms with E-state index in [1.807, 2.05) is 35.8 Å². The number of rotatable bonds is 7. The van der Waals surface area contributed by atoms with E-state index in [1.165, 1.54) is 18.3 Å². The van der Waals surface area contributed by atoms with Crippen LogP contribution in [-0.2, 0) is 11.3 Å². The fraction of sp³-hybridized carbons (Fsp3) is 0.154. The topological polar surface area (TPSA) is 53.3 Å². The number of carbonyl (C=O) groups excluding carboxylic acids is 1. The Hall–Kier alpha value is -3.52. The highest BCUT2D eigenvalue weighted by atomic mass is 79.9. The van der Waals surface area contributed by atoms with Crippen LogP contribution in [0.15, 0.2) is 71.5 Å². The molecule has 0 saturated carbocycles. The molecular weight excluding hydrogens is 506 g/mol. The van der Waals surface area contributed by atoms with Crippen molar-refractivity contribution in [2.75, 3.05) is 6.61 Å². The molecule has 2 heterocycles. The lowest BCUT2D eigenvalue weighted by Gasteiger charge is -2.17. The van der Waals surface area contributed by atoms with Gasteiger partial charge in [-0.1, -0.05) is 6.07 Å². The molecule has 5 nitrogen and oxygen atoms in total. The summed E-state index contributed by atoms with van der Waals surface area (Å²) in [5, 5.41) is 0. The van der Waals surface area contributed by atoms with Crippen LogP contribution in [0.1, 0.15) is 28.5 Å². The monoisotopic (exact) mass is 526 g/mol. The van der Waals surface area contributed by atoms with E-state index in [0.717, 1.165) is 27.5 Å². The average Bonchev–Trinajstić information content (AvgIpc) is 3.19. The highest BCUT2D eigenvalue weighted by Gasteiger charge is 2.19. The number of ether oxygens (including phenoxy) is 2. The molecule has 0 saturated heterocycles. The van der Waals surface area contributed by atoms with E-state index in [0.29, 0.717) is 17.0 Å². The molecule has 0 unspecified atom stereocenters. The molecule has 0 aliphatic rings. The molecule has 0 amide bonds. The lowest BCUT2D eigenvalue weighted by molar-refractivity contribution is 0.0526. The second kappa shape index (κ2) is 10.2. The third-order valence-corrected chi connectivity index (χ3v) is 5.86. The average molecular weight is 527 g/mol. The van der Waals surface area contributed by atoms with Gasteiger partial charge in [0.15, 0.2) is 0 Å². The van der Waals surface area contributed by atoms with E-state index in [1.54, 1.807) is 25.3 Å². The Bertz CT molecular complexity index is 1350. The van der Waals surface area contributed by atoms with Crippen molar-refractivity contribution in [3.05, 3.63) is 99.9 Å². The van der Waals surface area contributed by atoms with E-state index in [9.17, 15) is 13.6 Å². The van der Waals surface area contributed by atoms with Crippen molar-refractivity contribution in [1.82, 2.24) is 9.55 Å². The summed E-state index contributed by atoms with van der Waals surface area (Å²) in [5.41, 5.74) is 3.68. The molecule has 174 valence electrons. The molecule has 0 spiro atoms. The number of aryl methyl sites for hydroxylation is 1. The van der Waals surface area contributed by atoms with Crippen molar-refractivity contribution in [1.29, 1.82) is 0 Å². The van der Waals surface area contributed by atoms with Gasteiger partial charge in [0.1, 0.15) is 24.0 Å². The molecule has 0 fully saturated rings. The van der Waals surface area contributed by atoms with Crippen LogP contribution in [0, 0.1) is 18.6 Å². The maximum absolute atomic E-state index is 14.1. The zero-order valence-electron chi connectivity index (χ0n) is 18.5. The Morgan fingerprint density at radius 3 is 2.68 bits per heavy atom. The van der Waals surface area contributed by atoms with Crippen LogP contribution in [0.5, 0.6) is 5.75 Å². The van der Waals surface area contributed by atoms with Crippen molar-refractivity contribution in [2.45, 2.75) is 20.5 Å². The van der Waals surface area contributed by atoms with E-state index in [4.69, 9.17) is 9.47 Å². The van der Waals surface area contributed by atoms with Crippen LogP contribution in [0.25, 0.3) is 16.9 Å². The van der Waals surface area contributed by atoms with Crippen LogP contribution < -0.4 is 4.74 Å². The highest BCUT2D eigenvalue weighted by Crippen LogP contribution is 2.39. The van der Waals surface area contributed by atoms with Gasteiger partial charge in [-0.2, -0.15) is 0 Å². The van der Waals surface area contributed by atoms with Gasteiger partial charge in [-0.05, 0) is 72.2 Å². The van der Waals surface area contributed by atoms with Crippen LogP contribution in [-0.4, -0.2) is 22.1 Å². The van der Waals surface area contributed by atoms with E-state index < -0.39 is 17.6 Å². The molecular formula is C26H21BrF2N2O3. The fourth-order valence-corrected chi connectivity index (χ4v) is 4.17. The highest BCUT2D eigenvalue weighted by molar-refractivity contribution is 9.10. The third-order valence-electron chi connectivity index (χ3n) is 5.20. The standard InChI is InChI=1S/C26H21BrF2N2O3/c1-3-33-26(32)18-11-20(14-30-13-18)31-16(2)7-10-23(31)25-21(27)5-4-6-24(25)34-15-17-8-9-19(28)12-22(17)29/h4-14H,3,15H2,1-2H3. The molecule has 4 aromatic rings. The van der Waals surface area contributed by atoms with E-state index >= 15 is 0 Å². The van der Waals surface area contributed by atoms with Crippen molar-refractivity contribution in [3.63, 3.8) is 0 Å². The largest absolute Gasteiger partial charge is 0.488 e. The minimum absolute atomic E-state index is 0.0742. The Labute approximate surface area is 204 Å². The molecule has 2 aromatic heterocycles. The first-order chi connectivity index (χ1) is 16.4. The molecule has 2 aromatic carbocycles. The van der Waals surface area contributed by atoms with Gasteiger partial charge in [-0.3, -0.25) is 4.98 Å². The molecule has 0 atom stereocenters. The van der Waals surface area contributed by atoms with Crippen molar-refractivity contribution in [3.8, 4) is 22.7 Å². The molecule has 34 heavy (non-hydrogen) atoms. The first kappa shape index (κ1) is 23.6. The van der Waals surface area contributed by atoms with Crippen LogP contribution in [0.2, 0.25) is 0 Å². The second-order valence-electron chi connectivity index (χ2n) is 7.49. The third kappa shape index (κ3) is 4.87. The number of carbonyl (C=O) groups is 1. The number of hydrogen-bond acceptors (Lipinski definition) is 4. The molecule has 0 bridgehead atoms. The summed E-state index contributed by atoms with van der Waals surface area (Å²) in [5.74, 6) is -1.25. The summed E-state index contributed by atoms with van der Waals surface area (Å²) >= 11 is 3.60. The normalized spacial score (nSPS) is 10.9. The van der Waals surface area contributed by atoms with Gasteiger partial charge in [-0.25, -0.2) is 13.6 Å². The molecule has 0 N–H and O–H groups in total. The zero-order valence-corrected chi connectivity index (χ0v) is 20.1. The van der Waals surface area contributed by atoms with E-state index in [2.05, 4.69) is 20.9 Å². The van der Waals surface area contributed by atoms with Crippen molar-refractivity contribution < 1.29 is 23.0 Å². The van der Waals surface area contributed by atoms with Gasteiger partial charge in [0.2, 0.25) is 0 Å². The molecule has 4 rings (SSSR count). The number of esters is 1. The lowest BCUT2D eigenvalue weighted by atomic mass is 10.1. The smallest absolute Gasteiger partial charge is 0.339 e. The van der Waals surface area contributed by atoms with Gasteiger partial charge in [0.05, 0.1) is 35.3 Å². The Morgan fingerprint density at radius 2 is 1.91 bits per heavy atom. The number of pyridine rings is 1. The molecule has 0 aliphatic heterocycles. The van der Waals surface area contributed by atoms with Gasteiger partial charge in [0, 0.05) is 28.0 Å². The Morgan fingerprint density at radius 1 is 1.09 bits per heavy atom. The number of halogens is 3. The van der Waals surface area contributed by atoms with E-state index in [-0.39, 0.29) is 18.8 Å². The van der Waals surface area contributed by atoms with Gasteiger partial charge >= 0.3 is 5.97 Å². The van der Waals surface area contributed by atoms with Crippen LogP contribution >= 0.6 is 15.9 Å². The molecule has 0 radical (unpaired) electrons. The maximum Gasteiger partial charge on any atom is 0.339 e. The van der Waals surface area contributed by atoms with Gasteiger partial charge in [-0.15, -0.1) is 0 Å². The number of hydrogen-bond donors (Lipinski definition) is 0. The minimum Gasteiger partial charge on any atom is -0.488 e. The second-order valence-corrected chi connectivity index (χ2v) is 8.34. The number of aromatic nitrogens is 2. The molecule has 8 heteroatoms. The lowest BCUT2D eigenvalue weighted by Crippen LogP contribution is -2.08. The molecule has 0 aliphatic carbocycles. The summed E-state index contributed by atoms with van der Waals surface area (Å²) < 4.78 is 41.2. The van der Waals surface area contributed by atoms with Gasteiger partial charge in [0.25, 0.3) is 0 Å². The van der Waals surface area contributed by atoms with Gasteiger partial charge < -0.3 is 14.0 Å². The van der Waals surface area contributed by atoms with Crippen LogP contribution in [0.3, 0.4) is 0 Å². The SMILES string of the molecule is CCOC(=O)c1cncc(-n2c(C)ccc2-c2c(Br)cccc2OCc2ccc(F)cc2F)c1. The number of benzene rings is 2. The summed E-state index contributed by atoms with van der Waals surface area (Å²) in [6, 6.07) is 14.4. The summed E-state index contributed by atoms with van der Waals surface area (Å²) in [4.78, 5) is 16.5. The first-order valence-electron chi connectivity index (χ1n) is 10.6. The predicted octanol–water partition coefficient (Wildman–Crippen LogP) is 6.64. The fourth-order valence-electron chi connectivity index (χ4n) is 3.62. The maximum atomic E-state index is 14.1. The van der Waals surface area contributed by atoms with Crippen molar-refractivity contribution >= 4 is 21.9 Å². The summed E-state index contributed by atoms with van der Waals surface area (Å²) in [7, 11) is 0.